The van der Waals surface area contributed by atoms with Crippen LogP contribution in [0.25, 0.3) is 0 Å². The zero-order valence-corrected chi connectivity index (χ0v) is 9.01. The molecule has 86 valence electrons. The van der Waals surface area contributed by atoms with E-state index in [1.165, 1.54) is 4.57 Å². The Morgan fingerprint density at radius 1 is 1.19 bits per heavy atom. The van der Waals surface area contributed by atoms with E-state index in [9.17, 15) is 9.59 Å². The average molecular weight is 223 g/mol. The monoisotopic (exact) mass is 223 g/mol. The van der Waals surface area contributed by atoms with E-state index in [-0.39, 0.29) is 13.2 Å². The van der Waals surface area contributed by atoms with E-state index in [1.807, 2.05) is 0 Å². The van der Waals surface area contributed by atoms with E-state index in [0.717, 1.165) is 0 Å². The molecule has 0 saturated carbocycles. The zero-order valence-electron chi connectivity index (χ0n) is 9.01. The molecule has 0 N–H and O–H groups in total. The average Bonchev–Trinajstić information content (AvgIpc) is 2.76. The van der Waals surface area contributed by atoms with Crippen molar-refractivity contribution < 1.29 is 19.1 Å². The van der Waals surface area contributed by atoms with Gasteiger partial charge in [-0.25, -0.2) is 9.59 Å². The van der Waals surface area contributed by atoms with Crippen molar-refractivity contribution in [1.82, 2.24) is 4.57 Å². The number of ether oxygens (including phenoxy) is 2. The lowest BCUT2D eigenvalue weighted by Crippen LogP contribution is -2.17. The summed E-state index contributed by atoms with van der Waals surface area (Å²) in [5.74, 6) is -0.489. The molecule has 0 unspecified atom stereocenters. The summed E-state index contributed by atoms with van der Waals surface area (Å²) in [4.78, 5) is 22.2. The lowest BCUT2D eigenvalue weighted by Gasteiger charge is -2.06. The van der Waals surface area contributed by atoms with Gasteiger partial charge in [0.2, 0.25) is 0 Å². The van der Waals surface area contributed by atoms with Crippen molar-refractivity contribution in [1.29, 1.82) is 0 Å². The highest BCUT2D eigenvalue weighted by atomic mass is 16.6. The van der Waals surface area contributed by atoms with Gasteiger partial charge in [-0.1, -0.05) is 6.58 Å². The second kappa shape index (κ2) is 5.75. The number of hydrogen-bond acceptors (Lipinski definition) is 4. The van der Waals surface area contributed by atoms with Crippen molar-refractivity contribution in [2.45, 2.75) is 6.92 Å². The predicted octanol–water partition coefficient (Wildman–Crippen LogP) is 1.59. The zero-order chi connectivity index (χ0) is 12.0. The van der Waals surface area contributed by atoms with Crippen LogP contribution in [0.1, 0.15) is 6.92 Å². The fourth-order valence-corrected chi connectivity index (χ4v) is 0.917. The molecule has 5 nitrogen and oxygen atoms in total. The molecule has 0 aromatic carbocycles. The lowest BCUT2D eigenvalue weighted by atomic mass is 10.4. The van der Waals surface area contributed by atoms with Gasteiger partial charge in [-0.3, -0.25) is 4.57 Å². The van der Waals surface area contributed by atoms with E-state index >= 15 is 0 Å². The highest BCUT2D eigenvalue weighted by molar-refractivity contribution is 5.86. The van der Waals surface area contributed by atoms with Crippen LogP contribution in [0.15, 0.2) is 36.7 Å². The quantitative estimate of drug-likeness (QED) is 0.442. The first-order valence-electron chi connectivity index (χ1n) is 4.74. The molecule has 0 aliphatic heterocycles. The van der Waals surface area contributed by atoms with Gasteiger partial charge in [-0.2, -0.15) is 0 Å². The molecule has 0 saturated heterocycles. The first-order valence-corrected chi connectivity index (χ1v) is 4.74. The molecule has 0 spiro atoms. The number of rotatable bonds is 4. The van der Waals surface area contributed by atoms with Crippen LogP contribution >= 0.6 is 0 Å². The molecule has 5 heteroatoms. The van der Waals surface area contributed by atoms with Gasteiger partial charge in [0.05, 0.1) is 0 Å². The number of aromatic nitrogens is 1. The summed E-state index contributed by atoms with van der Waals surface area (Å²) in [6.45, 7) is 5.02. The highest BCUT2D eigenvalue weighted by Gasteiger charge is 2.05. The minimum absolute atomic E-state index is 0.0238. The Hall–Kier alpha value is -2.04. The maximum atomic E-state index is 11.3. The molecular formula is C11H13NO4. The normalized spacial score (nSPS) is 9.56. The second-order valence-corrected chi connectivity index (χ2v) is 3.12. The van der Waals surface area contributed by atoms with Crippen molar-refractivity contribution in [2.24, 2.45) is 0 Å². The Bertz CT molecular complexity index is 381. The summed E-state index contributed by atoms with van der Waals surface area (Å²) < 4.78 is 10.9. The number of esters is 1. The standard InChI is InChI=1S/C11H13NO4/c1-9(2)10(13)15-7-8-16-11(14)12-5-3-4-6-12/h3-6H,1,7-8H2,2H3. The minimum Gasteiger partial charge on any atom is -0.459 e. The van der Waals surface area contributed by atoms with Crippen LogP contribution in [0, 0.1) is 0 Å². The first-order chi connectivity index (χ1) is 7.61. The van der Waals surface area contributed by atoms with Crippen LogP contribution in [0.4, 0.5) is 4.79 Å². The summed E-state index contributed by atoms with van der Waals surface area (Å²) in [6, 6.07) is 3.42. The molecule has 0 aliphatic carbocycles. The minimum atomic E-state index is -0.503. The fraction of sp³-hybridized carbons (Fsp3) is 0.273. The predicted molar refractivity (Wildman–Crippen MR) is 57.0 cm³/mol. The van der Waals surface area contributed by atoms with Crippen LogP contribution < -0.4 is 0 Å². The van der Waals surface area contributed by atoms with E-state index in [2.05, 4.69) is 6.58 Å². The number of carbonyl (C=O) groups excluding carboxylic acids is 2. The molecule has 1 heterocycles. The molecule has 0 aliphatic rings. The van der Waals surface area contributed by atoms with Gasteiger partial charge in [0.25, 0.3) is 0 Å². The molecule has 16 heavy (non-hydrogen) atoms. The Kier molecular flexibility index (Phi) is 4.32. The van der Waals surface area contributed by atoms with Crippen molar-refractivity contribution in [3.63, 3.8) is 0 Å². The fourth-order valence-electron chi connectivity index (χ4n) is 0.917. The van der Waals surface area contributed by atoms with Crippen LogP contribution in [-0.4, -0.2) is 29.8 Å². The summed E-state index contributed by atoms with van der Waals surface area (Å²) in [6.07, 6.45) is 2.64. The van der Waals surface area contributed by atoms with Crippen molar-refractivity contribution >= 4 is 12.1 Å². The summed E-state index contributed by atoms with van der Waals surface area (Å²) in [7, 11) is 0. The summed E-state index contributed by atoms with van der Waals surface area (Å²) in [5, 5.41) is 0. The maximum absolute atomic E-state index is 11.3. The Morgan fingerprint density at radius 3 is 2.31 bits per heavy atom. The smallest absolute Gasteiger partial charge is 0.418 e. The third-order valence-corrected chi connectivity index (χ3v) is 1.71. The molecule has 1 aromatic rings. The van der Waals surface area contributed by atoms with E-state index < -0.39 is 12.1 Å². The third kappa shape index (κ3) is 3.61. The van der Waals surface area contributed by atoms with Crippen LogP contribution in [0.2, 0.25) is 0 Å². The lowest BCUT2D eigenvalue weighted by molar-refractivity contribution is -0.139. The number of nitrogens with zero attached hydrogens (tertiary/aromatic N) is 1. The van der Waals surface area contributed by atoms with E-state index in [4.69, 9.17) is 9.47 Å². The number of hydrogen-bond donors (Lipinski definition) is 0. The molecule has 0 amide bonds. The summed E-state index contributed by atoms with van der Waals surface area (Å²) >= 11 is 0. The number of carbonyl (C=O) groups is 2. The Labute approximate surface area is 93.3 Å². The maximum Gasteiger partial charge on any atom is 0.418 e. The highest BCUT2D eigenvalue weighted by Crippen LogP contribution is 1.94. The summed E-state index contributed by atoms with van der Waals surface area (Å²) in [5.41, 5.74) is 0.316. The first kappa shape index (κ1) is 12.0. The Morgan fingerprint density at radius 2 is 1.75 bits per heavy atom. The van der Waals surface area contributed by atoms with E-state index in [0.29, 0.717) is 5.57 Å². The van der Waals surface area contributed by atoms with Gasteiger partial charge in [-0.05, 0) is 19.1 Å². The molecule has 0 fully saturated rings. The second-order valence-electron chi connectivity index (χ2n) is 3.12. The SMILES string of the molecule is C=C(C)C(=O)OCCOC(=O)n1cccc1. The van der Waals surface area contributed by atoms with Gasteiger partial charge in [0.15, 0.2) is 0 Å². The molecule has 0 radical (unpaired) electrons. The van der Waals surface area contributed by atoms with E-state index in [1.54, 1.807) is 31.5 Å². The van der Waals surface area contributed by atoms with Gasteiger partial charge < -0.3 is 9.47 Å². The van der Waals surface area contributed by atoms with Crippen LogP contribution in [-0.2, 0) is 14.3 Å². The molecule has 0 atom stereocenters. The Balaban J connectivity index is 2.19. The van der Waals surface area contributed by atoms with Gasteiger partial charge in [0.1, 0.15) is 13.2 Å². The largest absolute Gasteiger partial charge is 0.459 e. The van der Waals surface area contributed by atoms with Crippen molar-refractivity contribution in [3.05, 3.63) is 36.7 Å². The van der Waals surface area contributed by atoms with Crippen molar-refractivity contribution in [3.8, 4) is 0 Å². The van der Waals surface area contributed by atoms with Gasteiger partial charge in [-0.15, -0.1) is 0 Å². The van der Waals surface area contributed by atoms with Crippen molar-refractivity contribution in [2.75, 3.05) is 13.2 Å². The molecular weight excluding hydrogens is 210 g/mol. The molecule has 1 rings (SSSR count). The van der Waals surface area contributed by atoms with Crippen LogP contribution in [0.5, 0.6) is 0 Å². The molecule has 1 aromatic heterocycles. The van der Waals surface area contributed by atoms with Gasteiger partial charge in [0, 0.05) is 18.0 Å². The van der Waals surface area contributed by atoms with Gasteiger partial charge >= 0.3 is 12.1 Å². The van der Waals surface area contributed by atoms with Crippen LogP contribution in [0.3, 0.4) is 0 Å². The molecule has 0 bridgehead atoms. The topological polar surface area (TPSA) is 57.5 Å². The third-order valence-electron chi connectivity index (χ3n) is 1.71.